The number of nitrogens with zero attached hydrogens (tertiary/aromatic N) is 1. The lowest BCUT2D eigenvalue weighted by atomic mass is 9.87. The average Bonchev–Trinajstić information content (AvgIpc) is 2.98. The number of ether oxygens (including phenoxy) is 2. The van der Waals surface area contributed by atoms with Crippen LogP contribution in [-0.2, 0) is 5.41 Å². The molecular weight excluding hydrogens is 524 g/mol. The highest BCUT2D eigenvalue weighted by atomic mass is 16.5. The zero-order valence-electron chi connectivity index (χ0n) is 24.6. The van der Waals surface area contributed by atoms with Crippen LogP contribution < -0.4 is 25.4 Å². The third kappa shape index (κ3) is 6.63. The van der Waals surface area contributed by atoms with E-state index in [0.717, 1.165) is 16.3 Å². The molecule has 1 unspecified atom stereocenters. The van der Waals surface area contributed by atoms with Crippen LogP contribution in [0.2, 0.25) is 0 Å². The second kappa shape index (κ2) is 12.2. The summed E-state index contributed by atoms with van der Waals surface area (Å²) in [4.78, 5) is 17.6. The molecule has 0 saturated heterocycles. The molecule has 0 spiro atoms. The van der Waals surface area contributed by atoms with Crippen molar-refractivity contribution < 1.29 is 14.3 Å². The van der Waals surface area contributed by atoms with Gasteiger partial charge in [-0.3, -0.25) is 0 Å². The van der Waals surface area contributed by atoms with E-state index in [2.05, 4.69) is 60.8 Å². The van der Waals surface area contributed by atoms with E-state index in [-0.39, 0.29) is 17.5 Å². The second-order valence-corrected chi connectivity index (χ2v) is 11.2. The molecule has 0 aliphatic carbocycles. The number of pyridine rings is 1. The van der Waals surface area contributed by atoms with Crippen LogP contribution in [-0.4, -0.2) is 18.1 Å². The molecule has 5 aromatic rings. The van der Waals surface area contributed by atoms with Crippen LogP contribution in [0.3, 0.4) is 0 Å². The molecule has 1 heterocycles. The van der Waals surface area contributed by atoms with Gasteiger partial charge < -0.3 is 25.4 Å². The summed E-state index contributed by atoms with van der Waals surface area (Å²) in [7, 11) is 1.59. The number of benzene rings is 4. The third-order valence-corrected chi connectivity index (χ3v) is 7.07. The number of fused-ring (bicyclic) bond motifs is 1. The van der Waals surface area contributed by atoms with E-state index in [1.54, 1.807) is 13.3 Å². The number of carbonyl (C=O) groups excluding carboxylic acids is 1. The minimum atomic E-state index is -0.365. The Kier molecular flexibility index (Phi) is 8.29. The first kappa shape index (κ1) is 28.5. The Hall–Kier alpha value is -5.04. The maximum absolute atomic E-state index is 13.1. The molecule has 0 radical (unpaired) electrons. The van der Waals surface area contributed by atoms with Gasteiger partial charge in [-0.1, -0.05) is 81.4 Å². The lowest BCUT2D eigenvalue weighted by Gasteiger charge is -2.21. The van der Waals surface area contributed by atoms with E-state index in [0.29, 0.717) is 34.4 Å². The molecule has 1 aromatic heterocycles. The highest BCUT2D eigenvalue weighted by Crippen LogP contribution is 2.36. The molecule has 214 valence electrons. The first-order valence-electron chi connectivity index (χ1n) is 13.9. The number of rotatable bonds is 8. The molecule has 0 bridgehead atoms. The molecule has 2 amide bonds. The molecule has 4 aromatic carbocycles. The van der Waals surface area contributed by atoms with Gasteiger partial charge in [-0.25, -0.2) is 9.78 Å². The first-order chi connectivity index (χ1) is 20.2. The van der Waals surface area contributed by atoms with Gasteiger partial charge in [0.2, 0.25) is 0 Å². The maximum atomic E-state index is 13.1. The number of aromatic nitrogens is 1. The van der Waals surface area contributed by atoms with Gasteiger partial charge in [-0.2, -0.15) is 0 Å². The van der Waals surface area contributed by atoms with Gasteiger partial charge in [-0.05, 0) is 53.8 Å². The summed E-state index contributed by atoms with van der Waals surface area (Å²) in [5, 5.41) is 11.1. The normalized spacial score (nSPS) is 11.9. The molecule has 0 aliphatic rings. The molecule has 0 aliphatic heterocycles. The summed E-state index contributed by atoms with van der Waals surface area (Å²) in [5.74, 6) is 2.64. The minimum Gasteiger partial charge on any atom is -0.495 e. The number of anilines is 3. The quantitative estimate of drug-likeness (QED) is 0.176. The van der Waals surface area contributed by atoms with Crippen molar-refractivity contribution in [2.24, 2.45) is 0 Å². The highest BCUT2D eigenvalue weighted by molar-refractivity contribution is 6.08. The monoisotopic (exact) mass is 560 g/mol. The summed E-state index contributed by atoms with van der Waals surface area (Å²) in [6, 6.07) is 31.0. The fourth-order valence-corrected chi connectivity index (χ4v) is 4.74. The molecule has 0 fully saturated rings. The molecule has 7 heteroatoms. The maximum Gasteiger partial charge on any atom is 0.323 e. The predicted octanol–water partition coefficient (Wildman–Crippen LogP) is 9.15. The Morgan fingerprint density at radius 2 is 1.48 bits per heavy atom. The molecule has 3 N–H and O–H groups in total. The topological polar surface area (TPSA) is 84.5 Å². The minimum absolute atomic E-state index is 0.0724. The molecule has 1 atom stereocenters. The lowest BCUT2D eigenvalue weighted by molar-refractivity contribution is 0.262. The van der Waals surface area contributed by atoms with E-state index in [9.17, 15) is 4.79 Å². The SMILES string of the molecule is COc1ccc(C(C)(C)C)cc1NC(=O)Nc1ccc(Oc2ccnc(NC(C)c3ccccc3)c2)c2ccccc12. The van der Waals surface area contributed by atoms with Gasteiger partial charge in [0.25, 0.3) is 0 Å². The van der Waals surface area contributed by atoms with E-state index >= 15 is 0 Å². The van der Waals surface area contributed by atoms with Gasteiger partial charge >= 0.3 is 6.03 Å². The fraction of sp³-hybridized carbons (Fsp3) is 0.200. The van der Waals surface area contributed by atoms with Gasteiger partial charge in [0.05, 0.1) is 18.5 Å². The lowest BCUT2D eigenvalue weighted by Crippen LogP contribution is -2.21. The van der Waals surface area contributed by atoms with Crippen molar-refractivity contribution in [1.82, 2.24) is 4.98 Å². The summed E-state index contributed by atoms with van der Waals surface area (Å²) in [6.07, 6.45) is 1.72. The van der Waals surface area contributed by atoms with Gasteiger partial charge in [0.1, 0.15) is 23.1 Å². The van der Waals surface area contributed by atoms with E-state index in [1.807, 2.05) is 84.9 Å². The van der Waals surface area contributed by atoms with Crippen molar-refractivity contribution in [3.63, 3.8) is 0 Å². The molecule has 0 saturated carbocycles. The van der Waals surface area contributed by atoms with E-state index in [4.69, 9.17) is 9.47 Å². The van der Waals surface area contributed by atoms with Crippen molar-refractivity contribution in [3.8, 4) is 17.2 Å². The standard InChI is InChI=1S/C35H36N4O3/c1-23(24-11-7-6-8-12-24)37-33-22-26(19-20-36-33)42-31-18-16-29(27-13-9-10-14-28(27)31)38-34(40)39-30-21-25(35(2,3)4)15-17-32(30)41-5/h6-23H,1-5H3,(H,36,37)(H2,38,39,40). The van der Waals surface area contributed by atoms with E-state index < -0.39 is 0 Å². The molecular formula is C35H36N4O3. The van der Waals surface area contributed by atoms with Crippen LogP contribution in [0, 0.1) is 0 Å². The van der Waals surface area contributed by atoms with Crippen LogP contribution in [0.4, 0.5) is 22.0 Å². The summed E-state index contributed by atoms with van der Waals surface area (Å²) >= 11 is 0. The van der Waals surface area contributed by atoms with Crippen molar-refractivity contribution in [1.29, 1.82) is 0 Å². The predicted molar refractivity (Wildman–Crippen MR) is 171 cm³/mol. The smallest absolute Gasteiger partial charge is 0.323 e. The number of methoxy groups -OCH3 is 1. The van der Waals surface area contributed by atoms with E-state index in [1.165, 1.54) is 5.56 Å². The van der Waals surface area contributed by atoms with Crippen molar-refractivity contribution in [2.75, 3.05) is 23.1 Å². The van der Waals surface area contributed by atoms with Crippen LogP contribution in [0.25, 0.3) is 10.8 Å². The van der Waals surface area contributed by atoms with Crippen LogP contribution in [0.5, 0.6) is 17.2 Å². The Labute approximate surface area is 246 Å². The van der Waals surface area contributed by atoms with Crippen molar-refractivity contribution in [3.05, 3.63) is 114 Å². The van der Waals surface area contributed by atoms with Crippen molar-refractivity contribution >= 4 is 34.0 Å². The second-order valence-electron chi connectivity index (χ2n) is 11.2. The summed E-state index contributed by atoms with van der Waals surface area (Å²) in [6.45, 7) is 8.48. The third-order valence-electron chi connectivity index (χ3n) is 7.07. The zero-order chi connectivity index (χ0) is 29.7. The fourth-order valence-electron chi connectivity index (χ4n) is 4.74. The Bertz CT molecular complexity index is 1700. The number of nitrogens with one attached hydrogen (secondary N) is 3. The molecule has 7 nitrogen and oxygen atoms in total. The Morgan fingerprint density at radius 1 is 0.786 bits per heavy atom. The zero-order valence-corrected chi connectivity index (χ0v) is 24.6. The van der Waals surface area contributed by atoms with Gasteiger partial charge in [-0.15, -0.1) is 0 Å². The van der Waals surface area contributed by atoms with Crippen LogP contribution >= 0.6 is 0 Å². The molecule has 42 heavy (non-hydrogen) atoms. The number of amides is 2. The van der Waals surface area contributed by atoms with Crippen LogP contribution in [0.1, 0.15) is 44.9 Å². The summed E-state index contributed by atoms with van der Waals surface area (Å²) < 4.78 is 11.8. The number of hydrogen-bond acceptors (Lipinski definition) is 5. The highest BCUT2D eigenvalue weighted by Gasteiger charge is 2.18. The average molecular weight is 561 g/mol. The Morgan fingerprint density at radius 3 is 2.21 bits per heavy atom. The van der Waals surface area contributed by atoms with Crippen molar-refractivity contribution in [2.45, 2.75) is 39.2 Å². The molecule has 5 rings (SSSR count). The van der Waals surface area contributed by atoms with Crippen LogP contribution in [0.15, 0.2) is 103 Å². The number of carbonyl (C=O) groups is 1. The van der Waals surface area contributed by atoms with Gasteiger partial charge in [0.15, 0.2) is 0 Å². The summed E-state index contributed by atoms with van der Waals surface area (Å²) in [5.41, 5.74) is 3.46. The Balaban J connectivity index is 1.34. The number of urea groups is 1. The number of hydrogen-bond donors (Lipinski definition) is 3. The largest absolute Gasteiger partial charge is 0.495 e. The first-order valence-corrected chi connectivity index (χ1v) is 13.9. The van der Waals surface area contributed by atoms with Gasteiger partial charge in [0, 0.05) is 29.1 Å².